The molecule has 0 spiro atoms. The molecule has 3 heteroatoms. The third-order valence-corrected chi connectivity index (χ3v) is 3.57. The zero-order valence-corrected chi connectivity index (χ0v) is 9.54. The molecule has 3 N–H and O–H groups in total. The van der Waals surface area contributed by atoms with Crippen LogP contribution in [0.15, 0.2) is 12.2 Å². The summed E-state index contributed by atoms with van der Waals surface area (Å²) in [4.78, 5) is 0. The first kappa shape index (κ1) is 11.1. The summed E-state index contributed by atoms with van der Waals surface area (Å²) in [6.45, 7) is 3.70. The van der Waals surface area contributed by atoms with Crippen LogP contribution in [0.2, 0.25) is 0 Å². The van der Waals surface area contributed by atoms with Gasteiger partial charge in [-0.2, -0.15) is 0 Å². The Hall–Kier alpha value is -0.380. The predicted octanol–water partition coefficient (Wildman–Crippen LogP) is 1.19. The Morgan fingerprint density at radius 3 is 2.80 bits per heavy atom. The lowest BCUT2D eigenvalue weighted by atomic mass is 9.86. The highest BCUT2D eigenvalue weighted by atomic mass is 16.5. The predicted molar refractivity (Wildman–Crippen MR) is 61.7 cm³/mol. The van der Waals surface area contributed by atoms with Crippen LogP contribution in [-0.4, -0.2) is 30.8 Å². The summed E-state index contributed by atoms with van der Waals surface area (Å²) in [6.07, 6.45) is 9.23. The van der Waals surface area contributed by atoms with Crippen molar-refractivity contribution in [2.75, 3.05) is 13.2 Å². The summed E-state index contributed by atoms with van der Waals surface area (Å²) >= 11 is 0. The van der Waals surface area contributed by atoms with Crippen molar-refractivity contribution in [1.82, 2.24) is 5.32 Å². The van der Waals surface area contributed by atoms with E-state index in [2.05, 4.69) is 24.4 Å². The molecule has 0 aromatic rings. The summed E-state index contributed by atoms with van der Waals surface area (Å²) in [5.41, 5.74) is 6.06. The highest BCUT2D eigenvalue weighted by Gasteiger charge is 2.35. The van der Waals surface area contributed by atoms with Gasteiger partial charge in [0, 0.05) is 24.7 Å². The summed E-state index contributed by atoms with van der Waals surface area (Å²) < 4.78 is 5.59. The lowest BCUT2D eigenvalue weighted by molar-refractivity contribution is -0.0191. The van der Waals surface area contributed by atoms with Crippen LogP contribution >= 0.6 is 0 Å². The Bertz CT molecular complexity index is 234. The number of nitrogens with two attached hydrogens (primary N) is 1. The molecule has 2 rings (SSSR count). The maximum atomic E-state index is 5.94. The van der Waals surface area contributed by atoms with Crippen molar-refractivity contribution in [1.29, 1.82) is 0 Å². The first-order valence-corrected chi connectivity index (χ1v) is 5.98. The molecule has 2 aliphatic rings. The van der Waals surface area contributed by atoms with Gasteiger partial charge < -0.3 is 15.8 Å². The molecular weight excluding hydrogens is 188 g/mol. The van der Waals surface area contributed by atoms with Gasteiger partial charge >= 0.3 is 0 Å². The van der Waals surface area contributed by atoms with E-state index in [9.17, 15) is 0 Å². The minimum absolute atomic E-state index is 0.119. The lowest BCUT2D eigenvalue weighted by Crippen LogP contribution is -2.58. The van der Waals surface area contributed by atoms with Crippen LogP contribution in [0.5, 0.6) is 0 Å². The van der Waals surface area contributed by atoms with Gasteiger partial charge in [0.1, 0.15) is 0 Å². The molecule has 0 amide bonds. The molecule has 1 fully saturated rings. The van der Waals surface area contributed by atoms with Gasteiger partial charge in [0.25, 0.3) is 0 Å². The van der Waals surface area contributed by atoms with Crippen molar-refractivity contribution in [3.05, 3.63) is 12.2 Å². The first-order valence-electron chi connectivity index (χ1n) is 5.98. The van der Waals surface area contributed by atoms with Crippen LogP contribution in [0, 0.1) is 0 Å². The lowest BCUT2D eigenvalue weighted by Gasteiger charge is -2.42. The summed E-state index contributed by atoms with van der Waals surface area (Å²) in [6, 6.07) is 0.596. The number of nitrogens with one attached hydrogen (secondary N) is 1. The fourth-order valence-corrected chi connectivity index (χ4v) is 2.71. The average molecular weight is 210 g/mol. The molecule has 1 aliphatic carbocycles. The van der Waals surface area contributed by atoms with Crippen molar-refractivity contribution in [3.63, 3.8) is 0 Å². The van der Waals surface area contributed by atoms with E-state index in [-0.39, 0.29) is 5.54 Å². The number of ether oxygens (including phenoxy) is 1. The van der Waals surface area contributed by atoms with Crippen LogP contribution in [0.25, 0.3) is 0 Å². The van der Waals surface area contributed by atoms with Gasteiger partial charge in [-0.05, 0) is 32.6 Å². The summed E-state index contributed by atoms with van der Waals surface area (Å²) in [7, 11) is 0. The summed E-state index contributed by atoms with van der Waals surface area (Å²) in [5.74, 6) is 0. The monoisotopic (exact) mass is 210 g/mol. The Morgan fingerprint density at radius 2 is 2.20 bits per heavy atom. The van der Waals surface area contributed by atoms with Gasteiger partial charge in [0.15, 0.2) is 0 Å². The van der Waals surface area contributed by atoms with E-state index in [1.54, 1.807) is 0 Å². The zero-order valence-electron chi connectivity index (χ0n) is 9.54. The van der Waals surface area contributed by atoms with Crippen molar-refractivity contribution in [3.8, 4) is 0 Å². The fourth-order valence-electron chi connectivity index (χ4n) is 2.71. The smallest absolute Gasteiger partial charge is 0.0565 e. The Kier molecular flexibility index (Phi) is 3.44. The van der Waals surface area contributed by atoms with Gasteiger partial charge in [-0.1, -0.05) is 12.2 Å². The van der Waals surface area contributed by atoms with Gasteiger partial charge in [-0.25, -0.2) is 0 Å². The van der Waals surface area contributed by atoms with E-state index < -0.39 is 0 Å². The topological polar surface area (TPSA) is 47.3 Å². The maximum absolute atomic E-state index is 5.94. The van der Waals surface area contributed by atoms with Crippen molar-refractivity contribution in [2.45, 2.75) is 50.3 Å². The quantitative estimate of drug-likeness (QED) is 0.688. The molecule has 0 bridgehead atoms. The van der Waals surface area contributed by atoms with Crippen LogP contribution in [0.1, 0.15) is 32.6 Å². The van der Waals surface area contributed by atoms with E-state index in [1.807, 2.05) is 0 Å². The molecule has 0 saturated carbocycles. The van der Waals surface area contributed by atoms with E-state index in [0.717, 1.165) is 38.8 Å². The SMILES string of the molecule is CC1CC(CN)(NC2CC=CC2)CCO1. The van der Waals surface area contributed by atoms with Gasteiger partial charge in [-0.3, -0.25) is 0 Å². The minimum Gasteiger partial charge on any atom is -0.378 e. The first-order chi connectivity index (χ1) is 7.24. The van der Waals surface area contributed by atoms with E-state index >= 15 is 0 Å². The molecule has 0 aromatic carbocycles. The number of rotatable bonds is 3. The largest absolute Gasteiger partial charge is 0.378 e. The third kappa shape index (κ3) is 2.60. The maximum Gasteiger partial charge on any atom is 0.0565 e. The molecule has 86 valence electrons. The fraction of sp³-hybridized carbons (Fsp3) is 0.833. The highest BCUT2D eigenvalue weighted by molar-refractivity contribution is 5.03. The number of hydrogen-bond acceptors (Lipinski definition) is 3. The molecule has 1 saturated heterocycles. The van der Waals surface area contributed by atoms with Crippen LogP contribution in [0.4, 0.5) is 0 Å². The molecular formula is C12H22N2O. The van der Waals surface area contributed by atoms with Crippen LogP contribution < -0.4 is 11.1 Å². The van der Waals surface area contributed by atoms with Crippen LogP contribution in [0.3, 0.4) is 0 Å². The Balaban J connectivity index is 1.94. The van der Waals surface area contributed by atoms with E-state index in [1.165, 1.54) is 0 Å². The third-order valence-electron chi connectivity index (χ3n) is 3.57. The normalized spacial score (nSPS) is 37.3. The van der Waals surface area contributed by atoms with Crippen LogP contribution in [-0.2, 0) is 4.74 Å². The highest BCUT2D eigenvalue weighted by Crippen LogP contribution is 2.26. The second kappa shape index (κ2) is 4.64. The van der Waals surface area contributed by atoms with Crippen molar-refractivity contribution < 1.29 is 4.74 Å². The average Bonchev–Trinajstić information content (AvgIpc) is 2.70. The second-order valence-corrected chi connectivity index (χ2v) is 4.90. The molecule has 1 heterocycles. The molecule has 2 atom stereocenters. The molecule has 0 aromatic heterocycles. The van der Waals surface area contributed by atoms with Gasteiger partial charge in [0.2, 0.25) is 0 Å². The Labute approximate surface area is 92.1 Å². The molecule has 0 radical (unpaired) electrons. The van der Waals surface area contributed by atoms with Crippen molar-refractivity contribution in [2.24, 2.45) is 5.73 Å². The van der Waals surface area contributed by atoms with E-state index in [4.69, 9.17) is 10.5 Å². The molecule has 2 unspecified atom stereocenters. The number of hydrogen-bond donors (Lipinski definition) is 2. The van der Waals surface area contributed by atoms with Crippen molar-refractivity contribution >= 4 is 0 Å². The molecule has 1 aliphatic heterocycles. The molecule has 15 heavy (non-hydrogen) atoms. The second-order valence-electron chi connectivity index (χ2n) is 4.90. The van der Waals surface area contributed by atoms with E-state index in [0.29, 0.717) is 12.1 Å². The van der Waals surface area contributed by atoms with Gasteiger partial charge in [-0.15, -0.1) is 0 Å². The zero-order chi connectivity index (χ0) is 10.7. The molecule has 3 nitrogen and oxygen atoms in total. The summed E-state index contributed by atoms with van der Waals surface area (Å²) in [5, 5.41) is 3.74. The van der Waals surface area contributed by atoms with Gasteiger partial charge in [0.05, 0.1) is 6.10 Å². The standard InChI is InChI=1S/C12H22N2O/c1-10-8-12(9-13,6-7-15-10)14-11-4-2-3-5-11/h2-3,10-11,14H,4-9,13H2,1H3. The Morgan fingerprint density at radius 1 is 1.47 bits per heavy atom. The minimum atomic E-state index is 0.119.